The average Bonchev–Trinajstić information content (AvgIpc) is 2.87. The van der Waals surface area contributed by atoms with Gasteiger partial charge in [0.15, 0.2) is 0 Å². The Hall–Kier alpha value is -0.0551. The highest BCUT2D eigenvalue weighted by atomic mass is 16.4. The maximum Gasteiger partial charge on any atom is 0.454 e. The van der Waals surface area contributed by atoms with E-state index in [1.807, 2.05) is 0 Å². The fourth-order valence-corrected chi connectivity index (χ4v) is 2.02. The van der Waals surface area contributed by atoms with E-state index in [2.05, 4.69) is 4.90 Å². The Balaban J connectivity index is 1.76. The maximum atomic E-state index is 8.95. The van der Waals surface area contributed by atoms with Gasteiger partial charge in [0.2, 0.25) is 0 Å². The summed E-state index contributed by atoms with van der Waals surface area (Å²) in [5, 5.41) is 17.9. The smallest absolute Gasteiger partial charge is 0.427 e. The van der Waals surface area contributed by atoms with Gasteiger partial charge in [-0.2, -0.15) is 0 Å². The molecule has 12 heavy (non-hydrogen) atoms. The van der Waals surface area contributed by atoms with Crippen molar-refractivity contribution in [1.82, 2.24) is 4.90 Å². The lowest BCUT2D eigenvalue weighted by atomic mass is 9.67. The van der Waals surface area contributed by atoms with Gasteiger partial charge in [-0.25, -0.2) is 0 Å². The van der Waals surface area contributed by atoms with E-state index < -0.39 is 7.12 Å². The highest BCUT2D eigenvalue weighted by molar-refractivity contribution is 6.43. The van der Waals surface area contributed by atoms with Crippen LogP contribution in [0.4, 0.5) is 0 Å². The first kappa shape index (κ1) is 8.54. The summed E-state index contributed by atoms with van der Waals surface area (Å²) in [5.41, 5.74) is 0. The lowest BCUT2D eigenvalue weighted by Crippen LogP contribution is -2.37. The molecule has 3 nitrogen and oxygen atoms in total. The lowest BCUT2D eigenvalue weighted by molar-refractivity contribution is 0.205. The number of piperidine rings is 1. The summed E-state index contributed by atoms with van der Waals surface area (Å²) in [4.78, 5) is 2.49. The lowest BCUT2D eigenvalue weighted by Gasteiger charge is -2.31. The molecule has 1 saturated heterocycles. The maximum absolute atomic E-state index is 8.95. The van der Waals surface area contributed by atoms with Gasteiger partial charge in [-0.15, -0.1) is 0 Å². The van der Waals surface area contributed by atoms with Crippen LogP contribution in [0.3, 0.4) is 0 Å². The molecule has 2 rings (SSSR count). The van der Waals surface area contributed by atoms with E-state index >= 15 is 0 Å². The van der Waals surface area contributed by atoms with Gasteiger partial charge in [0.25, 0.3) is 0 Å². The minimum atomic E-state index is -1.09. The molecule has 68 valence electrons. The van der Waals surface area contributed by atoms with Crippen molar-refractivity contribution < 1.29 is 10.0 Å². The topological polar surface area (TPSA) is 43.7 Å². The quantitative estimate of drug-likeness (QED) is 0.575. The van der Waals surface area contributed by atoms with Gasteiger partial charge in [0, 0.05) is 6.04 Å². The van der Waals surface area contributed by atoms with Crippen molar-refractivity contribution in [3.63, 3.8) is 0 Å². The van der Waals surface area contributed by atoms with E-state index in [0.717, 1.165) is 32.0 Å². The monoisotopic (exact) mass is 169 g/mol. The second-order valence-corrected chi connectivity index (χ2v) is 4.02. The number of hydrogen-bond donors (Lipinski definition) is 2. The molecule has 0 aromatic rings. The average molecular weight is 169 g/mol. The van der Waals surface area contributed by atoms with E-state index in [1.54, 1.807) is 0 Å². The van der Waals surface area contributed by atoms with Gasteiger partial charge in [-0.3, -0.25) is 0 Å². The highest BCUT2D eigenvalue weighted by Crippen LogP contribution is 2.32. The Morgan fingerprint density at radius 2 is 1.58 bits per heavy atom. The van der Waals surface area contributed by atoms with Crippen molar-refractivity contribution in [3.05, 3.63) is 0 Å². The largest absolute Gasteiger partial charge is 0.454 e. The van der Waals surface area contributed by atoms with Gasteiger partial charge < -0.3 is 14.9 Å². The van der Waals surface area contributed by atoms with Crippen LogP contribution in [0, 0.1) is 0 Å². The molecule has 0 aromatic carbocycles. The van der Waals surface area contributed by atoms with E-state index in [1.165, 1.54) is 12.8 Å². The van der Waals surface area contributed by atoms with Crippen LogP contribution in [0.15, 0.2) is 0 Å². The molecule has 2 fully saturated rings. The van der Waals surface area contributed by atoms with Crippen LogP contribution >= 0.6 is 0 Å². The second-order valence-electron chi connectivity index (χ2n) is 4.02. The number of hydrogen-bond acceptors (Lipinski definition) is 3. The van der Waals surface area contributed by atoms with Gasteiger partial charge in [0.05, 0.1) is 0 Å². The summed E-state index contributed by atoms with van der Waals surface area (Å²) in [6, 6.07) is 0.835. The minimum Gasteiger partial charge on any atom is -0.427 e. The molecule has 1 saturated carbocycles. The van der Waals surface area contributed by atoms with Crippen LogP contribution in [0.25, 0.3) is 0 Å². The molecule has 0 spiro atoms. The third-order valence-electron chi connectivity index (χ3n) is 3.06. The van der Waals surface area contributed by atoms with Crippen molar-refractivity contribution in [1.29, 1.82) is 0 Å². The predicted molar refractivity (Wildman–Crippen MR) is 47.8 cm³/mol. The fourth-order valence-electron chi connectivity index (χ4n) is 2.02. The Morgan fingerprint density at radius 1 is 1.00 bits per heavy atom. The molecule has 0 radical (unpaired) electrons. The first-order chi connectivity index (χ1) is 5.77. The molecule has 2 aliphatic rings. The van der Waals surface area contributed by atoms with E-state index in [9.17, 15) is 0 Å². The molecule has 1 heterocycles. The third kappa shape index (κ3) is 1.81. The van der Waals surface area contributed by atoms with E-state index in [0.29, 0.717) is 0 Å². The first-order valence-corrected chi connectivity index (χ1v) is 4.87. The number of rotatable bonds is 2. The summed E-state index contributed by atoms with van der Waals surface area (Å²) in [6.45, 7) is 2.12. The van der Waals surface area contributed by atoms with Crippen molar-refractivity contribution in [2.75, 3.05) is 13.1 Å². The fraction of sp³-hybridized carbons (Fsp3) is 1.00. The van der Waals surface area contributed by atoms with E-state index in [-0.39, 0.29) is 5.82 Å². The SMILES string of the molecule is OB(O)C1CCN(C2CC2)CC1. The molecule has 2 N–H and O–H groups in total. The molecular weight excluding hydrogens is 153 g/mol. The molecule has 1 aliphatic carbocycles. The molecule has 1 aliphatic heterocycles. The zero-order valence-corrected chi connectivity index (χ0v) is 7.32. The molecule has 0 amide bonds. The molecular formula is C8H16BNO2. The summed E-state index contributed by atoms with van der Waals surface area (Å²) >= 11 is 0. The van der Waals surface area contributed by atoms with Crippen molar-refractivity contribution in [2.45, 2.75) is 37.5 Å². The molecule has 0 bridgehead atoms. The minimum absolute atomic E-state index is 0.125. The summed E-state index contributed by atoms with van der Waals surface area (Å²) in [5.74, 6) is 0.125. The first-order valence-electron chi connectivity index (χ1n) is 4.87. The number of likely N-dealkylation sites (tertiary alicyclic amines) is 1. The Labute approximate surface area is 73.5 Å². The number of nitrogens with zero attached hydrogens (tertiary/aromatic N) is 1. The Bertz CT molecular complexity index is 143. The van der Waals surface area contributed by atoms with Crippen molar-refractivity contribution in [3.8, 4) is 0 Å². The van der Waals surface area contributed by atoms with Gasteiger partial charge in [0.1, 0.15) is 0 Å². The van der Waals surface area contributed by atoms with Crippen LogP contribution < -0.4 is 0 Å². The molecule has 0 unspecified atom stereocenters. The van der Waals surface area contributed by atoms with Crippen LogP contribution in [-0.2, 0) is 0 Å². The van der Waals surface area contributed by atoms with Gasteiger partial charge in [-0.1, -0.05) is 0 Å². The summed E-state index contributed by atoms with van der Waals surface area (Å²) in [7, 11) is -1.09. The standard InChI is InChI=1S/C8H16BNO2/c11-9(12)7-3-5-10(6-4-7)8-1-2-8/h7-8,11-12H,1-6H2. The van der Waals surface area contributed by atoms with Crippen molar-refractivity contribution in [2.24, 2.45) is 0 Å². The zero-order chi connectivity index (χ0) is 8.55. The Morgan fingerprint density at radius 3 is 2.00 bits per heavy atom. The van der Waals surface area contributed by atoms with Crippen LogP contribution in [0.2, 0.25) is 5.82 Å². The van der Waals surface area contributed by atoms with Crippen LogP contribution in [0.1, 0.15) is 25.7 Å². The Kier molecular flexibility index (Phi) is 2.39. The second kappa shape index (κ2) is 3.36. The summed E-state index contributed by atoms with van der Waals surface area (Å²) in [6.07, 6.45) is 4.61. The molecule has 4 heteroatoms. The van der Waals surface area contributed by atoms with Gasteiger partial charge >= 0.3 is 7.12 Å². The van der Waals surface area contributed by atoms with Crippen LogP contribution in [0.5, 0.6) is 0 Å². The molecule has 0 atom stereocenters. The van der Waals surface area contributed by atoms with Gasteiger partial charge in [-0.05, 0) is 44.6 Å². The van der Waals surface area contributed by atoms with Crippen LogP contribution in [-0.4, -0.2) is 41.2 Å². The van der Waals surface area contributed by atoms with Crippen molar-refractivity contribution >= 4 is 7.12 Å². The third-order valence-corrected chi connectivity index (χ3v) is 3.06. The normalized spacial score (nSPS) is 27.5. The zero-order valence-electron chi connectivity index (χ0n) is 7.32. The summed E-state index contributed by atoms with van der Waals surface area (Å²) < 4.78 is 0. The predicted octanol–water partition coefficient (Wildman–Crippen LogP) is 0.0876. The highest BCUT2D eigenvalue weighted by Gasteiger charge is 2.34. The molecule has 0 aromatic heterocycles. The van der Waals surface area contributed by atoms with E-state index in [4.69, 9.17) is 10.0 Å².